The topological polar surface area (TPSA) is 54.5 Å². The molecule has 1 fully saturated rings. The van der Waals surface area contributed by atoms with Crippen LogP contribution in [0.5, 0.6) is 0 Å². The third kappa shape index (κ3) is 5.77. The number of nitrogens with zero attached hydrogens (tertiary/aromatic N) is 2. The Labute approximate surface area is 163 Å². The molecule has 1 aliphatic heterocycles. The van der Waals surface area contributed by atoms with Gasteiger partial charge in [-0.3, -0.25) is 9.69 Å². The van der Waals surface area contributed by atoms with Crippen LogP contribution in [0.3, 0.4) is 0 Å². The van der Waals surface area contributed by atoms with Crippen molar-refractivity contribution in [3.05, 3.63) is 50.9 Å². The predicted molar refractivity (Wildman–Crippen MR) is 104 cm³/mol. The van der Waals surface area contributed by atoms with Crippen LogP contribution in [0, 0.1) is 5.92 Å². The van der Waals surface area contributed by atoms with Gasteiger partial charge < -0.3 is 10.1 Å². The van der Waals surface area contributed by atoms with E-state index in [1.165, 1.54) is 0 Å². The van der Waals surface area contributed by atoms with Gasteiger partial charge >= 0.3 is 0 Å². The Balaban J connectivity index is 1.44. The summed E-state index contributed by atoms with van der Waals surface area (Å²) < 4.78 is 5.36. The zero-order valence-electron chi connectivity index (χ0n) is 14.9. The van der Waals surface area contributed by atoms with E-state index in [9.17, 15) is 4.79 Å². The molecule has 0 radical (unpaired) electrons. The molecule has 0 aliphatic carbocycles. The number of nitrogens with one attached hydrogen (secondary N) is 1. The van der Waals surface area contributed by atoms with E-state index >= 15 is 0 Å². The molecule has 5 nitrogen and oxygen atoms in total. The first-order valence-corrected chi connectivity index (χ1v) is 10.1. The average molecular weight is 394 g/mol. The second-order valence-electron chi connectivity index (χ2n) is 6.57. The number of amides is 1. The van der Waals surface area contributed by atoms with Crippen molar-refractivity contribution in [3.63, 3.8) is 0 Å². The van der Waals surface area contributed by atoms with Crippen LogP contribution in [-0.4, -0.2) is 42.1 Å². The fraction of sp³-hybridized carbons (Fsp3) is 0.474. The maximum Gasteiger partial charge on any atom is 0.223 e. The minimum absolute atomic E-state index is 0.0462. The van der Waals surface area contributed by atoms with E-state index in [1.54, 1.807) is 11.3 Å². The smallest absolute Gasteiger partial charge is 0.223 e. The average Bonchev–Trinajstić information content (AvgIpc) is 3.09. The van der Waals surface area contributed by atoms with Gasteiger partial charge in [0.15, 0.2) is 0 Å². The molecule has 0 bridgehead atoms. The fourth-order valence-electron chi connectivity index (χ4n) is 2.89. The number of rotatable bonds is 7. The monoisotopic (exact) mass is 393 g/mol. The molecule has 26 heavy (non-hydrogen) atoms. The zero-order chi connectivity index (χ0) is 18.4. The molecule has 140 valence electrons. The summed E-state index contributed by atoms with van der Waals surface area (Å²) in [4.78, 5) is 19.3. The number of benzene rings is 1. The third-order valence-electron chi connectivity index (χ3n) is 4.41. The molecular weight excluding hydrogens is 370 g/mol. The second kappa shape index (κ2) is 9.46. The number of ether oxygens (including phenoxy) is 1. The van der Waals surface area contributed by atoms with E-state index in [0.717, 1.165) is 49.1 Å². The first-order chi connectivity index (χ1) is 12.6. The Bertz CT molecular complexity index is 714. The molecule has 3 rings (SSSR count). The summed E-state index contributed by atoms with van der Waals surface area (Å²) in [7, 11) is 0. The van der Waals surface area contributed by atoms with Gasteiger partial charge in [-0.1, -0.05) is 30.7 Å². The Hall–Kier alpha value is -1.47. The van der Waals surface area contributed by atoms with E-state index in [2.05, 4.69) is 20.6 Å². The highest BCUT2D eigenvalue weighted by molar-refractivity contribution is 7.09. The van der Waals surface area contributed by atoms with Crippen molar-refractivity contribution in [1.82, 2.24) is 15.2 Å². The lowest BCUT2D eigenvalue weighted by atomic mass is 10.0. The van der Waals surface area contributed by atoms with Gasteiger partial charge in [-0.05, 0) is 24.1 Å². The summed E-state index contributed by atoms with van der Waals surface area (Å²) in [5, 5.41) is 6.73. The minimum atomic E-state index is -0.0936. The van der Waals surface area contributed by atoms with Crippen LogP contribution < -0.4 is 5.32 Å². The van der Waals surface area contributed by atoms with Crippen LogP contribution in [0.25, 0.3) is 0 Å². The molecule has 2 heterocycles. The highest BCUT2D eigenvalue weighted by Crippen LogP contribution is 2.15. The van der Waals surface area contributed by atoms with Gasteiger partial charge in [0.1, 0.15) is 5.01 Å². The number of hydrogen-bond donors (Lipinski definition) is 1. The second-order valence-corrected chi connectivity index (χ2v) is 7.95. The van der Waals surface area contributed by atoms with Crippen LogP contribution in [-0.2, 0) is 29.0 Å². The molecule has 0 spiro atoms. The lowest BCUT2D eigenvalue weighted by Gasteiger charge is -2.25. The fourth-order valence-corrected chi connectivity index (χ4v) is 3.75. The number of halogens is 1. The van der Waals surface area contributed by atoms with Crippen molar-refractivity contribution in [2.75, 3.05) is 26.3 Å². The van der Waals surface area contributed by atoms with E-state index < -0.39 is 0 Å². The Morgan fingerprint density at radius 3 is 2.81 bits per heavy atom. The standard InChI is InChI=1S/C19H24ClN3O2S/c1-14(10-15-2-4-16(20)5-3-15)19(24)21-11-18-22-17(13-26-18)12-23-6-8-25-9-7-23/h2-5,13-14H,6-12H2,1H3,(H,21,24). The maximum absolute atomic E-state index is 12.3. The summed E-state index contributed by atoms with van der Waals surface area (Å²) in [6.45, 7) is 6.75. The van der Waals surface area contributed by atoms with Gasteiger partial charge in [0.2, 0.25) is 5.91 Å². The largest absolute Gasteiger partial charge is 0.379 e. The number of hydrogen-bond acceptors (Lipinski definition) is 5. The van der Waals surface area contributed by atoms with Gasteiger partial charge in [-0.25, -0.2) is 4.98 Å². The maximum atomic E-state index is 12.3. The zero-order valence-corrected chi connectivity index (χ0v) is 16.5. The summed E-state index contributed by atoms with van der Waals surface area (Å²) in [5.41, 5.74) is 2.18. The van der Waals surface area contributed by atoms with Crippen molar-refractivity contribution in [1.29, 1.82) is 0 Å². The van der Waals surface area contributed by atoms with Crippen molar-refractivity contribution < 1.29 is 9.53 Å². The van der Waals surface area contributed by atoms with E-state index in [-0.39, 0.29) is 11.8 Å². The number of morpholine rings is 1. The Morgan fingerprint density at radius 1 is 1.35 bits per heavy atom. The van der Waals surface area contributed by atoms with Crippen molar-refractivity contribution >= 4 is 28.8 Å². The first kappa shape index (κ1) is 19.3. The summed E-state index contributed by atoms with van der Waals surface area (Å²) in [6.07, 6.45) is 0.698. The number of thiazole rings is 1. The number of carbonyl (C=O) groups is 1. The molecule has 1 aliphatic rings. The van der Waals surface area contributed by atoms with Crippen LogP contribution in [0.15, 0.2) is 29.6 Å². The molecular formula is C19H24ClN3O2S. The van der Waals surface area contributed by atoms with Crippen molar-refractivity contribution in [2.45, 2.75) is 26.4 Å². The van der Waals surface area contributed by atoms with Crippen LogP contribution >= 0.6 is 22.9 Å². The molecule has 0 saturated carbocycles. The highest BCUT2D eigenvalue weighted by atomic mass is 35.5. The molecule has 1 unspecified atom stereocenters. The summed E-state index contributed by atoms with van der Waals surface area (Å²) in [6, 6.07) is 7.63. The molecule has 7 heteroatoms. The van der Waals surface area contributed by atoms with E-state index in [1.807, 2.05) is 31.2 Å². The summed E-state index contributed by atoms with van der Waals surface area (Å²) >= 11 is 7.50. The predicted octanol–water partition coefficient (Wildman–Crippen LogP) is 3.12. The van der Waals surface area contributed by atoms with Crippen LogP contribution in [0.2, 0.25) is 5.02 Å². The molecule has 2 aromatic rings. The van der Waals surface area contributed by atoms with Crippen LogP contribution in [0.1, 0.15) is 23.2 Å². The molecule has 1 saturated heterocycles. The van der Waals surface area contributed by atoms with Crippen LogP contribution in [0.4, 0.5) is 0 Å². The highest BCUT2D eigenvalue weighted by Gasteiger charge is 2.15. The molecule has 1 atom stereocenters. The lowest BCUT2D eigenvalue weighted by molar-refractivity contribution is -0.124. The van der Waals surface area contributed by atoms with Gasteiger partial charge in [-0.15, -0.1) is 11.3 Å². The quantitative estimate of drug-likeness (QED) is 0.785. The van der Waals surface area contributed by atoms with E-state index in [0.29, 0.717) is 18.0 Å². The first-order valence-electron chi connectivity index (χ1n) is 8.85. The molecule has 1 N–H and O–H groups in total. The Kier molecular flexibility index (Phi) is 7.02. The molecule has 1 aromatic heterocycles. The molecule has 1 amide bonds. The third-order valence-corrected chi connectivity index (χ3v) is 5.55. The van der Waals surface area contributed by atoms with Gasteiger partial charge in [0.25, 0.3) is 0 Å². The van der Waals surface area contributed by atoms with Crippen molar-refractivity contribution in [2.24, 2.45) is 5.92 Å². The minimum Gasteiger partial charge on any atom is -0.379 e. The number of carbonyl (C=O) groups excluding carboxylic acids is 1. The van der Waals surface area contributed by atoms with Gasteiger partial charge in [-0.2, -0.15) is 0 Å². The normalized spacial score (nSPS) is 16.4. The van der Waals surface area contributed by atoms with E-state index in [4.69, 9.17) is 16.3 Å². The SMILES string of the molecule is CC(Cc1ccc(Cl)cc1)C(=O)NCc1nc(CN2CCOCC2)cs1. The van der Waals surface area contributed by atoms with Gasteiger partial charge in [0.05, 0.1) is 25.5 Å². The summed E-state index contributed by atoms with van der Waals surface area (Å²) in [5.74, 6) is -0.0474. The number of aromatic nitrogens is 1. The lowest BCUT2D eigenvalue weighted by Crippen LogP contribution is -2.35. The molecule has 1 aromatic carbocycles. The van der Waals surface area contributed by atoms with Gasteiger partial charge in [0, 0.05) is 36.0 Å². The van der Waals surface area contributed by atoms with Crippen molar-refractivity contribution in [3.8, 4) is 0 Å². The Morgan fingerprint density at radius 2 is 2.08 bits per heavy atom.